The van der Waals surface area contributed by atoms with E-state index in [1.54, 1.807) is 5.32 Å². The SMILES string of the molecule is O=C(NCC1CCCC(O)C1)NCC(F)(F)F. The third-order valence-corrected chi connectivity index (χ3v) is 2.76. The summed E-state index contributed by atoms with van der Waals surface area (Å²) in [5.41, 5.74) is 0. The van der Waals surface area contributed by atoms with Crippen molar-refractivity contribution in [3.8, 4) is 0 Å². The van der Waals surface area contributed by atoms with Crippen molar-refractivity contribution in [3.63, 3.8) is 0 Å². The Kier molecular flexibility index (Phi) is 5.04. The van der Waals surface area contributed by atoms with Gasteiger partial charge in [0.1, 0.15) is 6.54 Å². The van der Waals surface area contributed by atoms with E-state index in [1.807, 2.05) is 0 Å². The molecule has 0 heterocycles. The number of urea groups is 1. The number of hydrogen-bond acceptors (Lipinski definition) is 2. The fourth-order valence-corrected chi connectivity index (χ4v) is 1.93. The van der Waals surface area contributed by atoms with E-state index >= 15 is 0 Å². The molecule has 2 amide bonds. The molecule has 0 radical (unpaired) electrons. The van der Waals surface area contributed by atoms with Crippen molar-refractivity contribution in [1.82, 2.24) is 10.6 Å². The van der Waals surface area contributed by atoms with Gasteiger partial charge >= 0.3 is 12.2 Å². The van der Waals surface area contributed by atoms with Crippen LogP contribution in [0.25, 0.3) is 0 Å². The van der Waals surface area contributed by atoms with Crippen LogP contribution in [0.3, 0.4) is 0 Å². The Morgan fingerprint density at radius 3 is 2.59 bits per heavy atom. The fraction of sp³-hybridized carbons (Fsp3) is 0.900. The van der Waals surface area contributed by atoms with Gasteiger partial charge in [-0.3, -0.25) is 0 Å². The molecule has 1 aliphatic rings. The Morgan fingerprint density at radius 1 is 1.29 bits per heavy atom. The Balaban J connectivity index is 2.15. The minimum Gasteiger partial charge on any atom is -0.393 e. The van der Waals surface area contributed by atoms with Gasteiger partial charge < -0.3 is 15.7 Å². The van der Waals surface area contributed by atoms with Crippen LogP contribution < -0.4 is 10.6 Å². The average molecular weight is 254 g/mol. The molecule has 0 aromatic rings. The number of carbonyl (C=O) groups is 1. The summed E-state index contributed by atoms with van der Waals surface area (Å²) in [6, 6.07) is -0.817. The first-order valence-electron chi connectivity index (χ1n) is 5.63. The molecule has 0 aromatic heterocycles. The van der Waals surface area contributed by atoms with Gasteiger partial charge in [-0.2, -0.15) is 13.2 Å². The number of hydrogen-bond donors (Lipinski definition) is 3. The highest BCUT2D eigenvalue weighted by Gasteiger charge is 2.28. The second-order valence-corrected chi connectivity index (χ2v) is 4.37. The van der Waals surface area contributed by atoms with E-state index < -0.39 is 18.8 Å². The van der Waals surface area contributed by atoms with Crippen molar-refractivity contribution in [2.24, 2.45) is 5.92 Å². The summed E-state index contributed by atoms with van der Waals surface area (Å²) in [5, 5.41) is 13.5. The molecule has 0 aliphatic heterocycles. The van der Waals surface area contributed by atoms with E-state index in [0.717, 1.165) is 19.3 Å². The number of halogens is 3. The van der Waals surface area contributed by atoms with Crippen molar-refractivity contribution in [1.29, 1.82) is 0 Å². The first-order valence-corrected chi connectivity index (χ1v) is 5.63. The highest BCUT2D eigenvalue weighted by atomic mass is 19.4. The van der Waals surface area contributed by atoms with Crippen LogP contribution in [0.15, 0.2) is 0 Å². The smallest absolute Gasteiger partial charge is 0.393 e. The summed E-state index contributed by atoms with van der Waals surface area (Å²) in [6.07, 6.45) is -1.61. The summed E-state index contributed by atoms with van der Waals surface area (Å²) in [5.74, 6) is 0.149. The molecule has 4 nitrogen and oxygen atoms in total. The van der Waals surface area contributed by atoms with Crippen LogP contribution in [0.4, 0.5) is 18.0 Å². The lowest BCUT2D eigenvalue weighted by atomic mass is 9.87. The summed E-state index contributed by atoms with van der Waals surface area (Å²) < 4.78 is 35.4. The Bertz CT molecular complexity index is 258. The van der Waals surface area contributed by atoms with E-state index in [2.05, 4.69) is 5.32 Å². The largest absolute Gasteiger partial charge is 0.405 e. The molecule has 0 saturated heterocycles. The molecule has 7 heteroatoms. The van der Waals surface area contributed by atoms with Crippen molar-refractivity contribution in [2.45, 2.75) is 38.0 Å². The number of rotatable bonds is 3. The van der Waals surface area contributed by atoms with Gasteiger partial charge in [-0.05, 0) is 25.2 Å². The lowest BCUT2D eigenvalue weighted by Crippen LogP contribution is -2.43. The van der Waals surface area contributed by atoms with E-state index in [4.69, 9.17) is 0 Å². The number of carbonyl (C=O) groups excluding carboxylic acids is 1. The standard InChI is InChI=1S/C10H17F3N2O2/c11-10(12,13)6-15-9(17)14-5-7-2-1-3-8(16)4-7/h7-8,16H,1-6H2,(H2,14,15,17). The third kappa shape index (κ3) is 6.35. The molecule has 1 rings (SSSR count). The average Bonchev–Trinajstić information content (AvgIpc) is 2.23. The molecule has 1 aliphatic carbocycles. The first-order chi connectivity index (χ1) is 7.87. The number of alkyl halides is 3. The summed E-state index contributed by atoms with van der Waals surface area (Å²) in [6.45, 7) is -1.02. The van der Waals surface area contributed by atoms with Crippen LogP contribution in [0.2, 0.25) is 0 Å². The normalized spacial score (nSPS) is 25.4. The Hall–Kier alpha value is -0.980. The van der Waals surface area contributed by atoms with Gasteiger partial charge in [0, 0.05) is 6.54 Å². The fourth-order valence-electron chi connectivity index (χ4n) is 1.93. The zero-order valence-electron chi connectivity index (χ0n) is 9.39. The highest BCUT2D eigenvalue weighted by Crippen LogP contribution is 2.23. The maximum Gasteiger partial charge on any atom is 0.405 e. The molecule has 0 bridgehead atoms. The second-order valence-electron chi connectivity index (χ2n) is 4.37. The van der Waals surface area contributed by atoms with Crippen LogP contribution >= 0.6 is 0 Å². The van der Waals surface area contributed by atoms with Gasteiger partial charge in [0.2, 0.25) is 0 Å². The van der Waals surface area contributed by atoms with E-state index in [-0.39, 0.29) is 12.0 Å². The summed E-state index contributed by atoms with van der Waals surface area (Å²) >= 11 is 0. The van der Waals surface area contributed by atoms with Gasteiger partial charge in [-0.15, -0.1) is 0 Å². The van der Waals surface area contributed by atoms with Gasteiger partial charge in [0.25, 0.3) is 0 Å². The number of nitrogens with one attached hydrogen (secondary N) is 2. The quantitative estimate of drug-likeness (QED) is 0.713. The van der Waals surface area contributed by atoms with Gasteiger partial charge in [0.05, 0.1) is 6.10 Å². The molecule has 1 saturated carbocycles. The zero-order valence-corrected chi connectivity index (χ0v) is 9.39. The predicted octanol–water partition coefficient (Wildman–Crippen LogP) is 1.40. The van der Waals surface area contributed by atoms with Crippen LogP contribution in [-0.4, -0.2) is 36.5 Å². The third-order valence-electron chi connectivity index (χ3n) is 2.76. The summed E-state index contributed by atoms with van der Waals surface area (Å²) in [4.78, 5) is 11.0. The monoisotopic (exact) mass is 254 g/mol. The highest BCUT2D eigenvalue weighted by molar-refractivity contribution is 5.73. The molecule has 17 heavy (non-hydrogen) atoms. The van der Waals surface area contributed by atoms with Crippen LogP contribution in [-0.2, 0) is 0 Å². The minimum absolute atomic E-state index is 0.149. The topological polar surface area (TPSA) is 61.4 Å². The van der Waals surface area contributed by atoms with Crippen molar-refractivity contribution >= 4 is 6.03 Å². The number of aliphatic hydroxyl groups is 1. The van der Waals surface area contributed by atoms with E-state index in [0.29, 0.717) is 13.0 Å². The van der Waals surface area contributed by atoms with Crippen LogP contribution in [0, 0.1) is 5.92 Å². The molecular formula is C10H17F3N2O2. The lowest BCUT2D eigenvalue weighted by Gasteiger charge is -2.25. The molecule has 1 fully saturated rings. The maximum absolute atomic E-state index is 11.8. The molecule has 0 spiro atoms. The molecule has 2 unspecified atom stereocenters. The Labute approximate surface area is 97.6 Å². The van der Waals surface area contributed by atoms with Crippen molar-refractivity contribution in [2.75, 3.05) is 13.1 Å². The predicted molar refractivity (Wildman–Crippen MR) is 55.4 cm³/mol. The molecule has 3 N–H and O–H groups in total. The molecule has 0 aromatic carbocycles. The first kappa shape index (κ1) is 14.1. The summed E-state index contributed by atoms with van der Waals surface area (Å²) in [7, 11) is 0. The zero-order chi connectivity index (χ0) is 12.9. The Morgan fingerprint density at radius 2 is 2.00 bits per heavy atom. The molecule has 2 atom stereocenters. The van der Waals surface area contributed by atoms with Crippen molar-refractivity contribution in [3.05, 3.63) is 0 Å². The van der Waals surface area contributed by atoms with E-state index in [1.165, 1.54) is 0 Å². The molecular weight excluding hydrogens is 237 g/mol. The van der Waals surface area contributed by atoms with Gasteiger partial charge in [-0.1, -0.05) is 6.42 Å². The number of amides is 2. The second kappa shape index (κ2) is 6.09. The van der Waals surface area contributed by atoms with Gasteiger partial charge in [0.15, 0.2) is 0 Å². The van der Waals surface area contributed by atoms with Crippen LogP contribution in [0.5, 0.6) is 0 Å². The lowest BCUT2D eigenvalue weighted by molar-refractivity contribution is -0.122. The van der Waals surface area contributed by atoms with Crippen LogP contribution in [0.1, 0.15) is 25.7 Å². The molecule has 100 valence electrons. The van der Waals surface area contributed by atoms with Crippen molar-refractivity contribution < 1.29 is 23.1 Å². The van der Waals surface area contributed by atoms with Gasteiger partial charge in [-0.25, -0.2) is 4.79 Å². The minimum atomic E-state index is -4.39. The number of aliphatic hydroxyl groups excluding tert-OH is 1. The maximum atomic E-state index is 11.8. The van der Waals surface area contributed by atoms with E-state index in [9.17, 15) is 23.1 Å².